The molecule has 0 unspecified atom stereocenters. The van der Waals surface area contributed by atoms with E-state index in [2.05, 4.69) is 5.32 Å². The maximum atomic E-state index is 13.1. The van der Waals surface area contributed by atoms with Gasteiger partial charge in [0.25, 0.3) is 0 Å². The van der Waals surface area contributed by atoms with Crippen LogP contribution in [0, 0.1) is 0 Å². The first-order valence-corrected chi connectivity index (χ1v) is 10.2. The second-order valence-corrected chi connectivity index (χ2v) is 7.88. The van der Waals surface area contributed by atoms with Crippen LogP contribution in [0.1, 0.15) is 24.5 Å². The van der Waals surface area contributed by atoms with E-state index in [-0.39, 0.29) is 24.8 Å². The van der Waals surface area contributed by atoms with Crippen LogP contribution in [0.15, 0.2) is 36.4 Å². The molecule has 0 aliphatic rings. The lowest BCUT2D eigenvalue weighted by Crippen LogP contribution is -2.48. The molecule has 2 aromatic carbocycles. The summed E-state index contributed by atoms with van der Waals surface area (Å²) < 4.78 is 0. The predicted molar refractivity (Wildman–Crippen MR) is 115 cm³/mol. The molecule has 0 radical (unpaired) electrons. The minimum absolute atomic E-state index is 0.0790. The molecule has 2 amide bonds. The third-order valence-corrected chi connectivity index (χ3v) is 5.65. The monoisotopic (exact) mass is 460 g/mol. The van der Waals surface area contributed by atoms with Crippen molar-refractivity contribution in [1.82, 2.24) is 10.2 Å². The molecule has 0 saturated heterocycles. The quantitative estimate of drug-likeness (QED) is 0.600. The molecule has 0 aliphatic heterocycles. The summed E-state index contributed by atoms with van der Waals surface area (Å²) in [6.07, 6.45) is 0.535. The Bertz CT molecular complexity index is 873. The zero-order valence-electron chi connectivity index (χ0n) is 15.4. The Morgan fingerprint density at radius 2 is 1.71 bits per heavy atom. The first-order valence-electron chi connectivity index (χ1n) is 8.65. The fourth-order valence-electron chi connectivity index (χ4n) is 2.85. The predicted octanol–water partition coefficient (Wildman–Crippen LogP) is 5.40. The molecular weight excluding hydrogens is 442 g/mol. The van der Waals surface area contributed by atoms with E-state index in [4.69, 9.17) is 46.4 Å². The van der Waals surface area contributed by atoms with Crippen molar-refractivity contribution in [1.29, 1.82) is 0 Å². The van der Waals surface area contributed by atoms with Gasteiger partial charge in [0.15, 0.2) is 0 Å². The van der Waals surface area contributed by atoms with E-state index in [0.717, 1.165) is 0 Å². The van der Waals surface area contributed by atoms with Crippen molar-refractivity contribution in [3.8, 4) is 0 Å². The van der Waals surface area contributed by atoms with Gasteiger partial charge in [0.2, 0.25) is 11.8 Å². The molecule has 1 N–H and O–H groups in total. The maximum Gasteiger partial charge on any atom is 0.242 e. The molecule has 8 heteroatoms. The largest absolute Gasteiger partial charge is 0.357 e. The Balaban J connectivity index is 2.34. The Morgan fingerprint density at radius 1 is 1.00 bits per heavy atom. The summed E-state index contributed by atoms with van der Waals surface area (Å²) in [6, 6.07) is 9.46. The van der Waals surface area contributed by atoms with Crippen molar-refractivity contribution >= 4 is 58.2 Å². The Labute approximate surface area is 184 Å². The van der Waals surface area contributed by atoms with E-state index in [1.165, 1.54) is 4.90 Å². The first kappa shape index (κ1) is 22.8. The van der Waals surface area contributed by atoms with Crippen molar-refractivity contribution in [3.05, 3.63) is 67.6 Å². The molecule has 0 fully saturated rings. The van der Waals surface area contributed by atoms with Gasteiger partial charge in [0.1, 0.15) is 6.04 Å². The SMILES string of the molecule is CC[C@@H](C(=O)NC)N(Cc1ccc(Cl)cc1Cl)C(=O)Cc1ccc(Cl)c(Cl)c1. The van der Waals surface area contributed by atoms with E-state index in [9.17, 15) is 9.59 Å². The van der Waals surface area contributed by atoms with Gasteiger partial charge in [-0.05, 0) is 41.8 Å². The van der Waals surface area contributed by atoms with Gasteiger partial charge >= 0.3 is 0 Å². The summed E-state index contributed by atoms with van der Waals surface area (Å²) in [6.45, 7) is 2.03. The van der Waals surface area contributed by atoms with Gasteiger partial charge in [0.05, 0.1) is 16.5 Å². The zero-order chi connectivity index (χ0) is 20.8. The molecular formula is C20H20Cl4N2O2. The molecule has 2 aromatic rings. The van der Waals surface area contributed by atoms with Crippen molar-refractivity contribution in [3.63, 3.8) is 0 Å². The van der Waals surface area contributed by atoms with Gasteiger partial charge in [0, 0.05) is 23.6 Å². The molecule has 0 saturated carbocycles. The summed E-state index contributed by atoms with van der Waals surface area (Å²) in [5.74, 6) is -0.463. The van der Waals surface area contributed by atoms with Crippen LogP contribution < -0.4 is 5.32 Å². The molecule has 1 atom stereocenters. The molecule has 0 aromatic heterocycles. The van der Waals surface area contributed by atoms with Crippen LogP contribution in [0.4, 0.5) is 0 Å². The van der Waals surface area contributed by atoms with Crippen LogP contribution in [0.3, 0.4) is 0 Å². The fraction of sp³-hybridized carbons (Fsp3) is 0.300. The lowest BCUT2D eigenvalue weighted by Gasteiger charge is -2.30. The van der Waals surface area contributed by atoms with Gasteiger partial charge in [-0.3, -0.25) is 9.59 Å². The number of amides is 2. The Kier molecular flexibility index (Phi) is 8.44. The number of nitrogens with zero attached hydrogens (tertiary/aromatic N) is 1. The second-order valence-electron chi connectivity index (χ2n) is 6.22. The van der Waals surface area contributed by atoms with Crippen molar-refractivity contribution in [2.45, 2.75) is 32.4 Å². The van der Waals surface area contributed by atoms with Gasteiger partial charge in [-0.1, -0.05) is 65.5 Å². The topological polar surface area (TPSA) is 49.4 Å². The highest BCUT2D eigenvalue weighted by Crippen LogP contribution is 2.26. The highest BCUT2D eigenvalue weighted by Gasteiger charge is 2.28. The van der Waals surface area contributed by atoms with Gasteiger partial charge in [-0.25, -0.2) is 0 Å². The lowest BCUT2D eigenvalue weighted by atomic mass is 10.1. The lowest BCUT2D eigenvalue weighted by molar-refractivity contribution is -0.140. The standard InChI is InChI=1S/C20H20Cl4N2O2/c1-3-18(20(28)25-2)26(11-13-5-6-14(21)10-16(13)23)19(27)9-12-4-7-15(22)17(24)8-12/h4-8,10,18H,3,9,11H2,1-2H3,(H,25,28)/t18-/m0/s1. The molecule has 4 nitrogen and oxygen atoms in total. The number of benzene rings is 2. The zero-order valence-corrected chi connectivity index (χ0v) is 18.5. The number of likely N-dealkylation sites (N-methyl/N-ethyl adjacent to an activating group) is 1. The average Bonchev–Trinajstić information content (AvgIpc) is 2.65. The van der Waals surface area contributed by atoms with Gasteiger partial charge < -0.3 is 10.2 Å². The third-order valence-electron chi connectivity index (χ3n) is 4.33. The molecule has 28 heavy (non-hydrogen) atoms. The highest BCUT2D eigenvalue weighted by molar-refractivity contribution is 6.42. The fourth-order valence-corrected chi connectivity index (χ4v) is 3.63. The number of rotatable bonds is 7. The number of halogens is 4. The van der Waals surface area contributed by atoms with E-state index in [1.54, 1.807) is 43.4 Å². The molecule has 150 valence electrons. The minimum Gasteiger partial charge on any atom is -0.357 e. The molecule has 0 aliphatic carbocycles. The molecule has 2 rings (SSSR count). The number of hydrogen-bond donors (Lipinski definition) is 1. The van der Waals surface area contributed by atoms with Gasteiger partial charge in [-0.15, -0.1) is 0 Å². The average molecular weight is 462 g/mol. The van der Waals surface area contributed by atoms with E-state index in [1.807, 2.05) is 6.92 Å². The van der Waals surface area contributed by atoms with Crippen LogP contribution in [0.25, 0.3) is 0 Å². The van der Waals surface area contributed by atoms with E-state index in [0.29, 0.717) is 37.6 Å². The van der Waals surface area contributed by atoms with Crippen LogP contribution in [-0.4, -0.2) is 29.8 Å². The summed E-state index contributed by atoms with van der Waals surface area (Å²) in [5.41, 5.74) is 1.41. The summed E-state index contributed by atoms with van der Waals surface area (Å²) in [7, 11) is 1.54. The number of carbonyl (C=O) groups is 2. The Hall–Kier alpha value is -1.46. The normalized spacial score (nSPS) is 11.8. The summed E-state index contributed by atoms with van der Waals surface area (Å²) in [5, 5.41) is 4.34. The van der Waals surface area contributed by atoms with Crippen LogP contribution in [-0.2, 0) is 22.6 Å². The van der Waals surface area contributed by atoms with Crippen LogP contribution >= 0.6 is 46.4 Å². The molecule has 0 bridgehead atoms. The van der Waals surface area contributed by atoms with Crippen LogP contribution in [0.5, 0.6) is 0 Å². The van der Waals surface area contributed by atoms with E-state index < -0.39 is 6.04 Å². The number of nitrogens with one attached hydrogen (secondary N) is 1. The van der Waals surface area contributed by atoms with E-state index >= 15 is 0 Å². The first-order chi connectivity index (χ1) is 13.3. The maximum absolute atomic E-state index is 13.1. The van der Waals surface area contributed by atoms with Crippen molar-refractivity contribution in [2.75, 3.05) is 7.05 Å². The summed E-state index contributed by atoms with van der Waals surface area (Å²) in [4.78, 5) is 27.0. The molecule has 0 heterocycles. The smallest absolute Gasteiger partial charge is 0.242 e. The highest BCUT2D eigenvalue weighted by atomic mass is 35.5. The van der Waals surface area contributed by atoms with Crippen molar-refractivity contribution in [2.24, 2.45) is 0 Å². The number of carbonyl (C=O) groups excluding carboxylic acids is 2. The second kappa shape index (κ2) is 10.4. The van der Waals surface area contributed by atoms with Gasteiger partial charge in [-0.2, -0.15) is 0 Å². The third kappa shape index (κ3) is 5.77. The van der Waals surface area contributed by atoms with Crippen molar-refractivity contribution < 1.29 is 9.59 Å². The minimum atomic E-state index is -0.632. The van der Waals surface area contributed by atoms with Crippen LogP contribution in [0.2, 0.25) is 20.1 Å². The molecule has 0 spiro atoms. The summed E-state index contributed by atoms with van der Waals surface area (Å²) >= 11 is 24.2. The number of hydrogen-bond acceptors (Lipinski definition) is 2. The Morgan fingerprint density at radius 3 is 2.29 bits per heavy atom.